The number of thiophene rings is 2. The molecule has 0 atom stereocenters. The van der Waals surface area contributed by atoms with Gasteiger partial charge in [-0.25, -0.2) is 0 Å². The molecule has 0 radical (unpaired) electrons. The Morgan fingerprint density at radius 3 is 2.71 bits per heavy atom. The molecule has 0 saturated carbocycles. The van der Waals surface area contributed by atoms with E-state index in [1.165, 1.54) is 27.6 Å². The van der Waals surface area contributed by atoms with Gasteiger partial charge in [0.15, 0.2) is 0 Å². The zero-order valence-electron chi connectivity index (χ0n) is 11.3. The Balaban J connectivity index is 1.91. The second kappa shape index (κ2) is 5.55. The summed E-state index contributed by atoms with van der Waals surface area (Å²) in [6.45, 7) is 1.94. The van der Waals surface area contributed by atoms with Crippen molar-refractivity contribution in [2.24, 2.45) is 5.73 Å². The number of fused-ring (bicyclic) bond motifs is 1. The maximum Gasteiger partial charge on any atom is 0.266 e. The minimum atomic E-state index is -0.465. The van der Waals surface area contributed by atoms with Crippen molar-refractivity contribution in [2.45, 2.75) is 26.2 Å². The molecule has 0 fully saturated rings. The van der Waals surface area contributed by atoms with Crippen molar-refractivity contribution in [3.05, 3.63) is 36.3 Å². The van der Waals surface area contributed by atoms with E-state index in [1.54, 1.807) is 0 Å². The maximum atomic E-state index is 12.3. The molecule has 0 aliphatic heterocycles. The molecule has 1 aliphatic rings. The van der Waals surface area contributed by atoms with Gasteiger partial charge in [-0.2, -0.15) is 0 Å². The number of halogens is 1. The van der Waals surface area contributed by atoms with Crippen LogP contribution in [-0.4, -0.2) is 11.8 Å². The highest BCUT2D eigenvalue weighted by molar-refractivity contribution is 9.11. The predicted octanol–water partition coefficient (Wildman–Crippen LogP) is 3.72. The first-order valence-corrected chi connectivity index (χ1v) is 8.91. The highest BCUT2D eigenvalue weighted by Gasteiger charge is 2.26. The summed E-state index contributed by atoms with van der Waals surface area (Å²) in [6.07, 6.45) is 2.87. The van der Waals surface area contributed by atoms with Gasteiger partial charge in [0.2, 0.25) is 0 Å². The zero-order chi connectivity index (χ0) is 15.1. The van der Waals surface area contributed by atoms with Crippen molar-refractivity contribution < 1.29 is 9.59 Å². The zero-order valence-corrected chi connectivity index (χ0v) is 14.5. The normalized spacial score (nSPS) is 13.2. The summed E-state index contributed by atoms with van der Waals surface area (Å²) in [6, 6.07) is 1.83. The molecule has 3 rings (SSSR count). The largest absolute Gasteiger partial charge is 0.365 e. The first-order chi connectivity index (χ1) is 9.97. The maximum absolute atomic E-state index is 12.3. The van der Waals surface area contributed by atoms with Crippen LogP contribution in [0.4, 0.5) is 5.00 Å². The molecule has 4 nitrogen and oxygen atoms in total. The van der Waals surface area contributed by atoms with Crippen LogP contribution < -0.4 is 11.1 Å². The van der Waals surface area contributed by atoms with Crippen molar-refractivity contribution in [1.29, 1.82) is 0 Å². The lowest BCUT2D eigenvalue weighted by atomic mass is 10.1. The average molecular weight is 385 g/mol. The molecule has 1 aliphatic carbocycles. The second-order valence-electron chi connectivity index (χ2n) is 4.95. The van der Waals surface area contributed by atoms with Gasteiger partial charge in [-0.3, -0.25) is 9.59 Å². The Morgan fingerprint density at radius 2 is 2.10 bits per heavy atom. The first-order valence-electron chi connectivity index (χ1n) is 6.49. The molecule has 0 bridgehead atoms. The molecule has 2 amide bonds. The number of primary amides is 1. The van der Waals surface area contributed by atoms with E-state index < -0.39 is 5.91 Å². The quantitative estimate of drug-likeness (QED) is 0.845. The van der Waals surface area contributed by atoms with E-state index >= 15 is 0 Å². The molecule has 0 aromatic carbocycles. The number of carbonyl (C=O) groups is 2. The number of aryl methyl sites for hydroxylation is 2. The second-order valence-corrected chi connectivity index (χ2v) is 8.42. The summed E-state index contributed by atoms with van der Waals surface area (Å²) in [4.78, 5) is 25.8. The minimum Gasteiger partial charge on any atom is -0.365 e. The number of anilines is 1. The van der Waals surface area contributed by atoms with Crippen LogP contribution in [0.15, 0.2) is 9.85 Å². The van der Waals surface area contributed by atoms with Gasteiger partial charge < -0.3 is 11.1 Å². The van der Waals surface area contributed by atoms with Crippen LogP contribution in [0.5, 0.6) is 0 Å². The smallest absolute Gasteiger partial charge is 0.266 e. The van der Waals surface area contributed by atoms with Gasteiger partial charge in [0.1, 0.15) is 5.00 Å². The molecule has 2 aromatic heterocycles. The van der Waals surface area contributed by atoms with Crippen LogP contribution in [0.1, 0.15) is 42.5 Å². The first kappa shape index (κ1) is 14.7. The third-order valence-corrected chi connectivity index (χ3v) is 6.82. The molecule has 21 heavy (non-hydrogen) atoms. The van der Waals surface area contributed by atoms with Gasteiger partial charge in [0.05, 0.1) is 14.2 Å². The Bertz CT molecular complexity index is 729. The number of amides is 2. The van der Waals surface area contributed by atoms with E-state index in [0.29, 0.717) is 15.4 Å². The molecule has 0 spiro atoms. The summed E-state index contributed by atoms with van der Waals surface area (Å²) in [5.74, 6) is -0.663. The third kappa shape index (κ3) is 2.65. The summed E-state index contributed by atoms with van der Waals surface area (Å²) < 4.78 is 0.941. The van der Waals surface area contributed by atoms with Gasteiger partial charge in [-0.1, -0.05) is 0 Å². The number of carbonyl (C=O) groups excluding carboxylic acids is 2. The number of hydrogen-bond donors (Lipinski definition) is 2. The van der Waals surface area contributed by atoms with Crippen LogP contribution in [0.3, 0.4) is 0 Å². The topological polar surface area (TPSA) is 72.2 Å². The van der Waals surface area contributed by atoms with Gasteiger partial charge in [-0.15, -0.1) is 22.7 Å². The van der Waals surface area contributed by atoms with E-state index in [0.717, 1.165) is 34.2 Å². The fourth-order valence-corrected chi connectivity index (χ4v) is 5.21. The Hall–Kier alpha value is -1.18. The van der Waals surface area contributed by atoms with Crippen LogP contribution >= 0.6 is 38.6 Å². The SMILES string of the molecule is Cc1cc(C(=O)Nc2sc3c(c2C(N)=O)CCC3)sc1Br. The van der Waals surface area contributed by atoms with E-state index in [1.807, 2.05) is 13.0 Å². The van der Waals surface area contributed by atoms with Crippen molar-refractivity contribution >= 4 is 55.4 Å². The van der Waals surface area contributed by atoms with Crippen molar-refractivity contribution in [3.63, 3.8) is 0 Å². The van der Waals surface area contributed by atoms with E-state index in [4.69, 9.17) is 5.73 Å². The fourth-order valence-electron chi connectivity index (χ4n) is 2.49. The molecule has 2 heterocycles. The van der Waals surface area contributed by atoms with E-state index in [2.05, 4.69) is 21.2 Å². The lowest BCUT2D eigenvalue weighted by molar-refractivity contribution is 0.100. The summed E-state index contributed by atoms with van der Waals surface area (Å²) >= 11 is 6.26. The van der Waals surface area contributed by atoms with E-state index in [9.17, 15) is 9.59 Å². The van der Waals surface area contributed by atoms with Crippen LogP contribution in [-0.2, 0) is 12.8 Å². The standard InChI is InChI=1S/C14H13BrN2O2S2/c1-6-5-9(20-11(6)15)13(19)17-14-10(12(16)18)7-3-2-4-8(7)21-14/h5H,2-4H2,1H3,(H2,16,18)(H,17,19). The van der Waals surface area contributed by atoms with Gasteiger partial charge in [-0.05, 0) is 59.3 Å². The molecule has 0 saturated heterocycles. The highest BCUT2D eigenvalue weighted by atomic mass is 79.9. The monoisotopic (exact) mass is 384 g/mol. The van der Waals surface area contributed by atoms with Gasteiger partial charge in [0, 0.05) is 4.88 Å². The average Bonchev–Trinajstić information content (AvgIpc) is 3.04. The van der Waals surface area contributed by atoms with Crippen molar-refractivity contribution in [3.8, 4) is 0 Å². The molecule has 3 N–H and O–H groups in total. The lowest BCUT2D eigenvalue weighted by Gasteiger charge is -2.04. The fraction of sp³-hybridized carbons (Fsp3) is 0.286. The Kier molecular flexibility index (Phi) is 3.90. The molecule has 0 unspecified atom stereocenters. The van der Waals surface area contributed by atoms with Crippen LogP contribution in [0.25, 0.3) is 0 Å². The molecule has 2 aromatic rings. The molecule has 7 heteroatoms. The predicted molar refractivity (Wildman–Crippen MR) is 89.6 cm³/mol. The highest BCUT2D eigenvalue weighted by Crippen LogP contribution is 2.39. The third-order valence-electron chi connectivity index (χ3n) is 3.48. The Morgan fingerprint density at radius 1 is 1.33 bits per heavy atom. The minimum absolute atomic E-state index is 0.198. The van der Waals surface area contributed by atoms with Crippen LogP contribution in [0.2, 0.25) is 0 Å². The summed E-state index contributed by atoms with van der Waals surface area (Å²) in [7, 11) is 0. The van der Waals surface area contributed by atoms with Crippen LogP contribution in [0, 0.1) is 6.92 Å². The summed E-state index contributed by atoms with van der Waals surface area (Å²) in [5, 5.41) is 3.43. The number of nitrogens with two attached hydrogens (primary N) is 1. The number of rotatable bonds is 3. The molecular weight excluding hydrogens is 372 g/mol. The summed E-state index contributed by atoms with van der Waals surface area (Å²) in [5.41, 5.74) is 8.02. The van der Waals surface area contributed by atoms with Crippen molar-refractivity contribution in [1.82, 2.24) is 0 Å². The van der Waals surface area contributed by atoms with E-state index in [-0.39, 0.29) is 5.91 Å². The lowest BCUT2D eigenvalue weighted by Crippen LogP contribution is -2.17. The van der Waals surface area contributed by atoms with Gasteiger partial charge in [0.25, 0.3) is 11.8 Å². The van der Waals surface area contributed by atoms with Gasteiger partial charge >= 0.3 is 0 Å². The van der Waals surface area contributed by atoms with Crippen molar-refractivity contribution in [2.75, 3.05) is 5.32 Å². The Labute approximate surface area is 138 Å². The number of nitrogens with one attached hydrogen (secondary N) is 1. The molecular formula is C14H13BrN2O2S2. The molecule has 110 valence electrons. The number of hydrogen-bond acceptors (Lipinski definition) is 4.